The molecular formula is C24H24Cl2N2O6. The van der Waals surface area contributed by atoms with Gasteiger partial charge in [0.05, 0.1) is 22.2 Å². The van der Waals surface area contributed by atoms with Crippen LogP contribution in [0.2, 0.25) is 10.0 Å². The van der Waals surface area contributed by atoms with Gasteiger partial charge in [0.1, 0.15) is 11.5 Å². The Labute approximate surface area is 206 Å². The number of fused-ring (bicyclic) bond motifs is 2. The molecule has 2 bridgehead atoms. The standard InChI is InChI=1S/C24H24Cl2N2O6/c1-2-33-24(32)23(31)27-14-9-17(25)21(18(26)10-14)34-15-5-6-20(29)16(11-15)22(30)28-19-8-12-3-4-13(19)7-12/h5-6,9-13,19,29H,2-4,7-8H2,1H3,(H,27,31)(H,28,30). The summed E-state index contributed by atoms with van der Waals surface area (Å²) in [6, 6.07) is 7.11. The molecule has 2 aliphatic carbocycles. The third-order valence-electron chi connectivity index (χ3n) is 6.20. The van der Waals surface area contributed by atoms with Gasteiger partial charge in [0.15, 0.2) is 5.75 Å². The molecule has 3 unspecified atom stereocenters. The molecule has 3 N–H and O–H groups in total. The zero-order valence-electron chi connectivity index (χ0n) is 18.4. The molecule has 2 aromatic carbocycles. The Kier molecular flexibility index (Phi) is 7.19. The predicted molar refractivity (Wildman–Crippen MR) is 127 cm³/mol. The van der Waals surface area contributed by atoms with Gasteiger partial charge in [-0.2, -0.15) is 0 Å². The van der Waals surface area contributed by atoms with Gasteiger partial charge in [-0.3, -0.25) is 9.59 Å². The van der Waals surface area contributed by atoms with Gasteiger partial charge >= 0.3 is 11.9 Å². The van der Waals surface area contributed by atoms with Gasteiger partial charge in [-0.25, -0.2) is 4.79 Å². The first-order valence-electron chi connectivity index (χ1n) is 11.0. The summed E-state index contributed by atoms with van der Waals surface area (Å²) in [7, 11) is 0. The molecule has 2 aromatic rings. The summed E-state index contributed by atoms with van der Waals surface area (Å²) in [6.45, 7) is 1.65. The topological polar surface area (TPSA) is 114 Å². The maximum Gasteiger partial charge on any atom is 0.397 e. The molecule has 0 aromatic heterocycles. The van der Waals surface area contributed by atoms with Crippen molar-refractivity contribution in [1.82, 2.24) is 5.32 Å². The monoisotopic (exact) mass is 506 g/mol. The van der Waals surface area contributed by atoms with Crippen LogP contribution in [0.15, 0.2) is 30.3 Å². The summed E-state index contributed by atoms with van der Waals surface area (Å²) >= 11 is 12.6. The molecule has 2 amide bonds. The molecule has 0 aliphatic heterocycles. The second kappa shape index (κ2) is 10.1. The second-order valence-corrected chi connectivity index (χ2v) is 9.29. The van der Waals surface area contributed by atoms with Crippen molar-refractivity contribution in [2.24, 2.45) is 11.8 Å². The first kappa shape index (κ1) is 24.2. The number of phenols is 1. The lowest BCUT2D eigenvalue weighted by molar-refractivity contribution is -0.152. The molecule has 10 heteroatoms. The van der Waals surface area contributed by atoms with Crippen LogP contribution in [0.4, 0.5) is 5.69 Å². The number of nitrogens with one attached hydrogen (secondary N) is 2. The van der Waals surface area contributed by atoms with Gasteiger partial charge in [-0.1, -0.05) is 29.6 Å². The van der Waals surface area contributed by atoms with Crippen molar-refractivity contribution in [3.05, 3.63) is 45.9 Å². The number of hydrogen-bond donors (Lipinski definition) is 3. The summed E-state index contributed by atoms with van der Waals surface area (Å²) in [4.78, 5) is 36.2. The van der Waals surface area contributed by atoms with Crippen molar-refractivity contribution in [3.63, 3.8) is 0 Å². The Hall–Kier alpha value is -2.97. The fourth-order valence-electron chi connectivity index (χ4n) is 4.65. The molecule has 0 radical (unpaired) electrons. The minimum Gasteiger partial charge on any atom is -0.507 e. The quantitative estimate of drug-likeness (QED) is 0.378. The lowest BCUT2D eigenvalue weighted by Gasteiger charge is -2.23. The number of anilines is 1. The van der Waals surface area contributed by atoms with Crippen LogP contribution >= 0.6 is 23.2 Å². The largest absolute Gasteiger partial charge is 0.507 e. The molecule has 34 heavy (non-hydrogen) atoms. The number of ether oxygens (including phenoxy) is 2. The average Bonchev–Trinajstić information content (AvgIpc) is 3.40. The number of esters is 1. The van der Waals surface area contributed by atoms with E-state index in [-0.39, 0.29) is 57.1 Å². The third kappa shape index (κ3) is 5.23. The lowest BCUT2D eigenvalue weighted by Crippen LogP contribution is -2.38. The van der Waals surface area contributed by atoms with Crippen molar-refractivity contribution in [2.45, 2.75) is 38.6 Å². The van der Waals surface area contributed by atoms with Crippen LogP contribution in [-0.2, 0) is 14.3 Å². The number of phenolic OH excluding ortho intramolecular Hbond substituents is 1. The van der Waals surface area contributed by atoms with Crippen molar-refractivity contribution >= 4 is 46.7 Å². The number of rotatable bonds is 6. The second-order valence-electron chi connectivity index (χ2n) is 8.48. The molecule has 2 aliphatic rings. The molecule has 4 rings (SSSR count). The smallest absolute Gasteiger partial charge is 0.397 e. The summed E-state index contributed by atoms with van der Waals surface area (Å²) in [5.74, 6) is -1.03. The zero-order valence-corrected chi connectivity index (χ0v) is 19.9. The molecule has 0 saturated heterocycles. The first-order valence-corrected chi connectivity index (χ1v) is 11.8. The van der Waals surface area contributed by atoms with Crippen LogP contribution < -0.4 is 15.4 Å². The van der Waals surface area contributed by atoms with Crippen LogP contribution in [0.25, 0.3) is 0 Å². The molecule has 180 valence electrons. The summed E-state index contributed by atoms with van der Waals surface area (Å²) in [6.07, 6.45) is 4.46. The molecule has 2 saturated carbocycles. The van der Waals surface area contributed by atoms with E-state index in [1.54, 1.807) is 6.92 Å². The van der Waals surface area contributed by atoms with E-state index in [1.807, 2.05) is 0 Å². The van der Waals surface area contributed by atoms with Gasteiger partial charge < -0.3 is 25.2 Å². The van der Waals surface area contributed by atoms with Crippen molar-refractivity contribution in [2.75, 3.05) is 11.9 Å². The van der Waals surface area contributed by atoms with E-state index in [1.165, 1.54) is 36.8 Å². The first-order chi connectivity index (χ1) is 16.2. The molecule has 2 fully saturated rings. The van der Waals surface area contributed by atoms with E-state index in [9.17, 15) is 19.5 Å². The van der Waals surface area contributed by atoms with Gasteiger partial charge in [-0.15, -0.1) is 0 Å². The highest BCUT2D eigenvalue weighted by Gasteiger charge is 2.40. The molecule has 3 atom stereocenters. The highest BCUT2D eigenvalue weighted by molar-refractivity contribution is 6.39. The minimum atomic E-state index is -1.03. The number of benzene rings is 2. The lowest BCUT2D eigenvalue weighted by atomic mass is 9.95. The number of carbonyl (C=O) groups excluding carboxylic acids is 3. The third-order valence-corrected chi connectivity index (χ3v) is 6.77. The van der Waals surface area contributed by atoms with Crippen molar-refractivity contribution in [3.8, 4) is 17.2 Å². The van der Waals surface area contributed by atoms with Crippen LogP contribution in [0.5, 0.6) is 17.2 Å². The van der Waals surface area contributed by atoms with E-state index in [2.05, 4.69) is 15.4 Å². The fourth-order valence-corrected chi connectivity index (χ4v) is 5.22. The highest BCUT2D eigenvalue weighted by Crippen LogP contribution is 2.45. The van der Waals surface area contributed by atoms with E-state index in [0.717, 1.165) is 19.3 Å². The Morgan fingerprint density at radius 3 is 2.44 bits per heavy atom. The highest BCUT2D eigenvalue weighted by atomic mass is 35.5. The SMILES string of the molecule is CCOC(=O)C(=O)Nc1cc(Cl)c(Oc2ccc(O)c(C(=O)NC3CC4CCC3C4)c2)c(Cl)c1. The van der Waals surface area contributed by atoms with Gasteiger partial charge in [0, 0.05) is 11.7 Å². The van der Waals surface area contributed by atoms with Gasteiger partial charge in [0.2, 0.25) is 0 Å². The van der Waals surface area contributed by atoms with E-state index in [0.29, 0.717) is 11.8 Å². The van der Waals surface area contributed by atoms with Crippen molar-refractivity contribution in [1.29, 1.82) is 0 Å². The van der Waals surface area contributed by atoms with Crippen molar-refractivity contribution < 1.29 is 29.0 Å². The van der Waals surface area contributed by atoms with Crippen LogP contribution in [-0.4, -0.2) is 35.5 Å². The van der Waals surface area contributed by atoms with E-state index < -0.39 is 11.9 Å². The number of amides is 2. The number of hydrogen-bond acceptors (Lipinski definition) is 6. The maximum atomic E-state index is 12.8. The molecule has 0 spiro atoms. The van der Waals surface area contributed by atoms with Crippen LogP contribution in [0.1, 0.15) is 43.0 Å². The Morgan fingerprint density at radius 2 is 1.82 bits per heavy atom. The predicted octanol–water partition coefficient (Wildman–Crippen LogP) is 4.91. The maximum absolute atomic E-state index is 12.8. The number of carbonyl (C=O) groups is 3. The molecule has 0 heterocycles. The normalized spacial score (nSPS) is 20.6. The van der Waals surface area contributed by atoms with E-state index >= 15 is 0 Å². The summed E-state index contributed by atoms with van der Waals surface area (Å²) in [5, 5.41) is 15.8. The summed E-state index contributed by atoms with van der Waals surface area (Å²) in [5.41, 5.74) is 0.267. The molecule has 8 nitrogen and oxygen atoms in total. The Morgan fingerprint density at radius 1 is 1.09 bits per heavy atom. The van der Waals surface area contributed by atoms with Gasteiger partial charge in [0.25, 0.3) is 5.91 Å². The average molecular weight is 507 g/mol. The summed E-state index contributed by atoms with van der Waals surface area (Å²) < 4.78 is 10.4. The van der Waals surface area contributed by atoms with E-state index in [4.69, 9.17) is 27.9 Å². The number of aromatic hydroxyl groups is 1. The van der Waals surface area contributed by atoms with Crippen LogP contribution in [0.3, 0.4) is 0 Å². The van der Waals surface area contributed by atoms with Gasteiger partial charge in [-0.05, 0) is 68.4 Å². The Bertz CT molecular complexity index is 1120. The minimum absolute atomic E-state index is 0.0627. The molecular weight excluding hydrogens is 483 g/mol. The number of halogens is 2. The van der Waals surface area contributed by atoms with Crippen LogP contribution in [0, 0.1) is 11.8 Å². The fraction of sp³-hybridized carbons (Fsp3) is 0.375. The Balaban J connectivity index is 1.47. The zero-order chi connectivity index (χ0) is 24.4.